The quantitative estimate of drug-likeness (QED) is 0.257. The Morgan fingerprint density at radius 1 is 0.778 bits per heavy atom. The van der Waals surface area contributed by atoms with Crippen molar-refractivity contribution in [2.24, 2.45) is 0 Å². The zero-order chi connectivity index (χ0) is 17.9. The molecule has 2 nitrogen and oxygen atoms in total. The molecule has 0 amide bonds. The van der Waals surface area contributed by atoms with Gasteiger partial charge in [-0.25, -0.2) is 0 Å². The van der Waals surface area contributed by atoms with Gasteiger partial charge in [-0.3, -0.25) is 4.79 Å². The number of benzene rings is 3. The Kier molecular flexibility index (Phi) is 6.01. The summed E-state index contributed by atoms with van der Waals surface area (Å²) >= 11 is 0. The van der Waals surface area contributed by atoms with E-state index in [2.05, 4.69) is 36.5 Å². The average molecular weight is 465 g/mol. The Morgan fingerprint density at radius 3 is 2.07 bits per heavy atom. The summed E-state index contributed by atoms with van der Waals surface area (Å²) in [5.41, 5.74) is 4.10. The molecular formula is C24H20INO. The van der Waals surface area contributed by atoms with E-state index in [9.17, 15) is 4.79 Å². The highest BCUT2D eigenvalue weighted by Crippen LogP contribution is 2.19. The van der Waals surface area contributed by atoms with Crippen LogP contribution in [-0.2, 0) is 6.54 Å². The molecule has 1 heterocycles. The molecule has 3 heteroatoms. The molecule has 4 aromatic rings. The third kappa shape index (κ3) is 4.25. The molecule has 0 aliphatic carbocycles. The summed E-state index contributed by atoms with van der Waals surface area (Å²) in [6.45, 7) is 2.39. The lowest BCUT2D eigenvalue weighted by atomic mass is 10.0. The summed E-state index contributed by atoms with van der Waals surface area (Å²) in [5.74, 6) is 0.119. The number of halogens is 1. The number of hydrogen-bond acceptors (Lipinski definition) is 1. The number of aryl methyl sites for hydroxylation is 1. The molecule has 4 rings (SSSR count). The lowest BCUT2D eigenvalue weighted by Gasteiger charge is -2.05. The van der Waals surface area contributed by atoms with Gasteiger partial charge in [0.15, 0.2) is 11.9 Å². The zero-order valence-corrected chi connectivity index (χ0v) is 17.3. The maximum Gasteiger partial charge on any atom is 0.227 e. The third-order valence-electron chi connectivity index (χ3n) is 4.74. The van der Waals surface area contributed by atoms with Crippen LogP contribution in [0.25, 0.3) is 21.9 Å². The van der Waals surface area contributed by atoms with Crippen molar-refractivity contribution in [3.05, 3.63) is 102 Å². The number of rotatable bonds is 4. The molecule has 0 fully saturated rings. The summed E-state index contributed by atoms with van der Waals surface area (Å²) in [6.07, 6.45) is 2.06. The second-order valence-corrected chi connectivity index (χ2v) is 6.54. The summed E-state index contributed by atoms with van der Waals surface area (Å²) < 4.78 is 2.02. The van der Waals surface area contributed by atoms with Crippen molar-refractivity contribution in [1.29, 1.82) is 0 Å². The van der Waals surface area contributed by atoms with Crippen LogP contribution in [0.4, 0.5) is 0 Å². The summed E-state index contributed by atoms with van der Waals surface area (Å²) in [5, 5.41) is 2.34. The van der Waals surface area contributed by atoms with Crippen molar-refractivity contribution in [1.82, 2.24) is 0 Å². The predicted octanol–water partition coefficient (Wildman–Crippen LogP) is 1.99. The van der Waals surface area contributed by atoms with Gasteiger partial charge in [-0.1, -0.05) is 72.8 Å². The molecule has 0 radical (unpaired) electrons. The fourth-order valence-electron chi connectivity index (χ4n) is 3.23. The van der Waals surface area contributed by atoms with Crippen LogP contribution in [0, 0.1) is 6.92 Å². The standard InChI is InChI=1S/C24H20NO.HI/c1-18-15-22-9-5-6-10-23(22)16-25(18)17-24(26)21-13-11-20(12-14-21)19-7-3-2-4-8-19;/h2-16H,17H2,1H3;1H/q+1;/p-1. The summed E-state index contributed by atoms with van der Waals surface area (Å²) in [4.78, 5) is 12.7. The van der Waals surface area contributed by atoms with E-state index in [4.69, 9.17) is 0 Å². The monoisotopic (exact) mass is 465 g/mol. The van der Waals surface area contributed by atoms with Crippen molar-refractivity contribution in [2.45, 2.75) is 13.5 Å². The van der Waals surface area contributed by atoms with Gasteiger partial charge < -0.3 is 24.0 Å². The van der Waals surface area contributed by atoms with E-state index >= 15 is 0 Å². The minimum atomic E-state index is 0. The molecular weight excluding hydrogens is 445 g/mol. The molecule has 0 unspecified atom stereocenters. The Bertz CT molecular complexity index is 1070. The van der Waals surface area contributed by atoms with Crippen molar-refractivity contribution >= 4 is 16.6 Å². The second-order valence-electron chi connectivity index (χ2n) is 6.54. The third-order valence-corrected chi connectivity index (χ3v) is 4.74. The number of hydrogen-bond donors (Lipinski definition) is 0. The normalized spacial score (nSPS) is 10.4. The first-order valence-corrected chi connectivity index (χ1v) is 8.78. The lowest BCUT2D eigenvalue weighted by Crippen LogP contribution is -3.00. The minimum absolute atomic E-state index is 0. The number of ketones is 1. The topological polar surface area (TPSA) is 20.9 Å². The lowest BCUT2D eigenvalue weighted by molar-refractivity contribution is -0.687. The first-order valence-electron chi connectivity index (χ1n) is 8.78. The Balaban J connectivity index is 0.00000210. The van der Waals surface area contributed by atoms with Crippen molar-refractivity contribution in [2.75, 3.05) is 0 Å². The summed E-state index contributed by atoms with van der Waals surface area (Å²) in [6, 6.07) is 28.4. The van der Waals surface area contributed by atoms with Crippen LogP contribution in [-0.4, -0.2) is 5.78 Å². The minimum Gasteiger partial charge on any atom is -1.00 e. The molecule has 0 spiro atoms. The summed E-state index contributed by atoms with van der Waals surface area (Å²) in [7, 11) is 0. The highest BCUT2D eigenvalue weighted by Gasteiger charge is 2.15. The van der Waals surface area contributed by atoms with Gasteiger partial charge in [0.2, 0.25) is 12.3 Å². The molecule has 0 atom stereocenters. The first kappa shape index (κ1) is 19.2. The molecule has 27 heavy (non-hydrogen) atoms. The molecule has 0 aliphatic rings. The van der Waals surface area contributed by atoms with Crippen LogP contribution >= 0.6 is 0 Å². The Labute approximate surface area is 176 Å². The van der Waals surface area contributed by atoms with Crippen LogP contribution in [0.15, 0.2) is 91.1 Å². The maximum absolute atomic E-state index is 12.7. The molecule has 0 N–H and O–H groups in total. The number of pyridine rings is 1. The van der Waals surface area contributed by atoms with Gasteiger partial charge in [0.25, 0.3) is 0 Å². The van der Waals surface area contributed by atoms with E-state index in [-0.39, 0.29) is 29.8 Å². The molecule has 1 aromatic heterocycles. The zero-order valence-electron chi connectivity index (χ0n) is 15.1. The van der Waals surface area contributed by atoms with Gasteiger partial charge in [0, 0.05) is 23.9 Å². The number of nitrogens with zero attached hydrogens (tertiary/aromatic N) is 1. The second kappa shape index (κ2) is 8.44. The average Bonchev–Trinajstić information content (AvgIpc) is 2.69. The number of carbonyl (C=O) groups excluding carboxylic acids is 1. The van der Waals surface area contributed by atoms with Crippen LogP contribution in [0.5, 0.6) is 0 Å². The highest BCUT2D eigenvalue weighted by molar-refractivity contribution is 5.95. The Hall–Kier alpha value is -2.53. The van der Waals surface area contributed by atoms with Crippen LogP contribution < -0.4 is 28.5 Å². The van der Waals surface area contributed by atoms with E-state index in [0.29, 0.717) is 6.54 Å². The van der Waals surface area contributed by atoms with Crippen LogP contribution in [0.2, 0.25) is 0 Å². The Morgan fingerprint density at radius 2 is 1.37 bits per heavy atom. The number of fused-ring (bicyclic) bond motifs is 1. The maximum atomic E-state index is 12.7. The van der Waals surface area contributed by atoms with Gasteiger partial charge in [-0.05, 0) is 22.6 Å². The van der Waals surface area contributed by atoms with Crippen molar-refractivity contribution in [3.63, 3.8) is 0 Å². The number of Topliss-reactive ketones (excluding diaryl/α,β-unsaturated/α-hetero) is 1. The van der Waals surface area contributed by atoms with Crippen molar-refractivity contribution in [3.8, 4) is 11.1 Å². The van der Waals surface area contributed by atoms with E-state index in [1.54, 1.807) is 0 Å². The molecule has 134 valence electrons. The van der Waals surface area contributed by atoms with Crippen molar-refractivity contribution < 1.29 is 33.3 Å². The molecule has 0 saturated carbocycles. The van der Waals surface area contributed by atoms with Gasteiger partial charge in [-0.2, -0.15) is 4.57 Å². The van der Waals surface area contributed by atoms with Gasteiger partial charge in [0.1, 0.15) is 0 Å². The van der Waals surface area contributed by atoms with Gasteiger partial charge in [0.05, 0.1) is 0 Å². The van der Waals surface area contributed by atoms with Crippen LogP contribution in [0.1, 0.15) is 16.1 Å². The van der Waals surface area contributed by atoms with Gasteiger partial charge in [-0.15, -0.1) is 0 Å². The van der Waals surface area contributed by atoms with E-state index in [1.165, 1.54) is 5.39 Å². The molecule has 0 saturated heterocycles. The van der Waals surface area contributed by atoms with E-state index in [1.807, 2.05) is 66.1 Å². The van der Waals surface area contributed by atoms with Gasteiger partial charge >= 0.3 is 0 Å². The SMILES string of the molecule is Cc1cc2ccccc2c[n+]1CC(=O)c1ccc(-c2ccccc2)cc1.[I-]. The van der Waals surface area contributed by atoms with E-state index in [0.717, 1.165) is 27.8 Å². The largest absolute Gasteiger partial charge is 1.00 e. The molecule has 0 bridgehead atoms. The molecule has 3 aromatic carbocycles. The first-order chi connectivity index (χ1) is 12.7. The highest BCUT2D eigenvalue weighted by atomic mass is 127. The number of carbonyl (C=O) groups is 1. The fraction of sp³-hybridized carbons (Fsp3) is 0.0833. The smallest absolute Gasteiger partial charge is 0.227 e. The van der Waals surface area contributed by atoms with E-state index < -0.39 is 0 Å². The predicted molar refractivity (Wildman–Crippen MR) is 105 cm³/mol. The number of aromatic nitrogens is 1. The fourth-order valence-corrected chi connectivity index (χ4v) is 3.23. The molecule has 0 aliphatic heterocycles. The van der Waals surface area contributed by atoms with Crippen LogP contribution in [0.3, 0.4) is 0 Å².